The molecule has 21 heavy (non-hydrogen) atoms. The average Bonchev–Trinajstić information content (AvgIpc) is 2.36. The van der Waals surface area contributed by atoms with Crippen molar-refractivity contribution in [2.75, 3.05) is 0 Å². The lowest BCUT2D eigenvalue weighted by Crippen LogP contribution is -2.40. The maximum atomic E-state index is 12.5. The van der Waals surface area contributed by atoms with E-state index in [1.165, 1.54) is 6.07 Å². The molecule has 0 aliphatic heterocycles. The molecule has 4 nitrogen and oxygen atoms in total. The van der Waals surface area contributed by atoms with Crippen LogP contribution in [0.25, 0.3) is 0 Å². The Kier molecular flexibility index (Phi) is 4.70. The van der Waals surface area contributed by atoms with E-state index in [1.54, 1.807) is 19.1 Å². The highest BCUT2D eigenvalue weighted by molar-refractivity contribution is 7.89. The molecule has 2 rings (SSSR count). The van der Waals surface area contributed by atoms with Crippen molar-refractivity contribution >= 4 is 10.0 Å². The second-order valence-corrected chi connectivity index (χ2v) is 8.04. The Hall–Kier alpha value is -1.38. The fraction of sp³-hybridized carbons (Fsp3) is 0.562. The van der Waals surface area contributed by atoms with Gasteiger partial charge in [-0.3, -0.25) is 0 Å². The summed E-state index contributed by atoms with van der Waals surface area (Å²) in [4.78, 5) is 0.241. The molecule has 1 saturated carbocycles. The van der Waals surface area contributed by atoms with Crippen molar-refractivity contribution in [1.29, 1.82) is 5.26 Å². The molecule has 0 spiro atoms. The fourth-order valence-corrected chi connectivity index (χ4v) is 4.61. The number of benzene rings is 1. The monoisotopic (exact) mass is 306 g/mol. The summed E-state index contributed by atoms with van der Waals surface area (Å²) in [6.45, 7) is 6.09. The quantitative estimate of drug-likeness (QED) is 0.933. The van der Waals surface area contributed by atoms with Crippen molar-refractivity contribution in [3.63, 3.8) is 0 Å². The number of rotatable bonds is 3. The van der Waals surface area contributed by atoms with Gasteiger partial charge in [0.15, 0.2) is 0 Å². The van der Waals surface area contributed by atoms with Gasteiger partial charge in [0.25, 0.3) is 0 Å². The average molecular weight is 306 g/mol. The molecule has 1 aliphatic carbocycles. The van der Waals surface area contributed by atoms with Gasteiger partial charge in [0.05, 0.1) is 16.5 Å². The lowest BCUT2D eigenvalue weighted by atomic mass is 9.81. The number of sulfonamides is 1. The molecule has 1 aliphatic rings. The molecule has 114 valence electrons. The van der Waals surface area contributed by atoms with Crippen molar-refractivity contribution in [1.82, 2.24) is 4.72 Å². The number of hydrogen-bond donors (Lipinski definition) is 1. The van der Waals surface area contributed by atoms with Crippen molar-refractivity contribution in [3.05, 3.63) is 29.3 Å². The first-order valence-electron chi connectivity index (χ1n) is 7.35. The third kappa shape index (κ3) is 3.84. The molecular formula is C16H22N2O2S. The van der Waals surface area contributed by atoms with Crippen LogP contribution in [0.15, 0.2) is 23.1 Å². The Labute approximate surface area is 127 Å². The van der Waals surface area contributed by atoms with Gasteiger partial charge in [-0.25, -0.2) is 13.1 Å². The molecule has 1 aromatic carbocycles. The van der Waals surface area contributed by atoms with Crippen LogP contribution in [0.5, 0.6) is 0 Å². The molecule has 0 radical (unpaired) electrons. The Morgan fingerprint density at radius 3 is 2.33 bits per heavy atom. The predicted octanol–water partition coefficient (Wildman–Crippen LogP) is 2.97. The number of hydrogen-bond acceptors (Lipinski definition) is 3. The first-order chi connectivity index (χ1) is 9.81. The number of nitrogens with one attached hydrogen (secondary N) is 1. The van der Waals surface area contributed by atoms with E-state index in [4.69, 9.17) is 5.26 Å². The largest absolute Gasteiger partial charge is 0.240 e. The molecule has 1 aromatic rings. The predicted molar refractivity (Wildman–Crippen MR) is 82.2 cm³/mol. The fourth-order valence-electron chi connectivity index (χ4n) is 3.26. The molecule has 0 aromatic heterocycles. The highest BCUT2D eigenvalue weighted by atomic mass is 32.2. The van der Waals surface area contributed by atoms with E-state index < -0.39 is 10.0 Å². The van der Waals surface area contributed by atoms with Gasteiger partial charge in [-0.05, 0) is 61.8 Å². The third-order valence-electron chi connectivity index (χ3n) is 4.13. The van der Waals surface area contributed by atoms with Crippen LogP contribution < -0.4 is 4.72 Å². The SMILES string of the molecule is Cc1cc(S(=O)(=O)NC2CC(C)CC(C)C2)ccc1C#N. The van der Waals surface area contributed by atoms with Crippen LogP contribution in [-0.4, -0.2) is 14.5 Å². The summed E-state index contributed by atoms with van der Waals surface area (Å²) >= 11 is 0. The summed E-state index contributed by atoms with van der Waals surface area (Å²) in [5.74, 6) is 1.09. The normalized spacial score (nSPS) is 26.3. The number of aryl methyl sites for hydroxylation is 1. The Morgan fingerprint density at radius 1 is 1.19 bits per heavy atom. The summed E-state index contributed by atoms with van der Waals surface area (Å²) in [6, 6.07) is 6.69. The van der Waals surface area contributed by atoms with Crippen molar-refractivity contribution in [2.45, 2.75) is 51.0 Å². The van der Waals surface area contributed by atoms with E-state index in [2.05, 4.69) is 24.6 Å². The second kappa shape index (κ2) is 6.17. The molecular weight excluding hydrogens is 284 g/mol. The smallest absolute Gasteiger partial charge is 0.208 e. The van der Waals surface area contributed by atoms with Crippen molar-refractivity contribution in [3.8, 4) is 6.07 Å². The van der Waals surface area contributed by atoms with Crippen LogP contribution in [0.3, 0.4) is 0 Å². The maximum Gasteiger partial charge on any atom is 0.240 e. The molecule has 2 atom stereocenters. The van der Waals surface area contributed by atoms with Crippen molar-refractivity contribution in [2.24, 2.45) is 11.8 Å². The maximum absolute atomic E-state index is 12.5. The van der Waals surface area contributed by atoms with E-state index in [-0.39, 0.29) is 10.9 Å². The second-order valence-electron chi connectivity index (χ2n) is 6.32. The molecule has 1 N–H and O–H groups in total. The molecule has 2 unspecified atom stereocenters. The van der Waals surface area contributed by atoms with Gasteiger partial charge in [-0.2, -0.15) is 5.26 Å². The van der Waals surface area contributed by atoms with E-state index in [0.29, 0.717) is 23.0 Å². The van der Waals surface area contributed by atoms with Crippen LogP contribution in [0.1, 0.15) is 44.2 Å². The zero-order chi connectivity index (χ0) is 15.6. The van der Waals surface area contributed by atoms with Crippen molar-refractivity contribution < 1.29 is 8.42 Å². The van der Waals surface area contributed by atoms with Crippen LogP contribution in [0, 0.1) is 30.1 Å². The van der Waals surface area contributed by atoms with Gasteiger partial charge in [0.1, 0.15) is 0 Å². The topological polar surface area (TPSA) is 70.0 Å². The zero-order valence-corrected chi connectivity index (χ0v) is 13.6. The van der Waals surface area contributed by atoms with Gasteiger partial charge in [-0.1, -0.05) is 13.8 Å². The lowest BCUT2D eigenvalue weighted by molar-refractivity contribution is 0.257. The Bertz CT molecular complexity index is 651. The summed E-state index contributed by atoms with van der Waals surface area (Å²) in [6.07, 6.45) is 2.94. The molecule has 0 amide bonds. The zero-order valence-electron chi connectivity index (χ0n) is 12.8. The van der Waals surface area contributed by atoms with E-state index >= 15 is 0 Å². The van der Waals surface area contributed by atoms with Gasteiger partial charge < -0.3 is 0 Å². The van der Waals surface area contributed by atoms with E-state index in [9.17, 15) is 8.42 Å². The first kappa shape index (κ1) is 16.0. The molecule has 0 bridgehead atoms. The minimum absolute atomic E-state index is 0.00435. The van der Waals surface area contributed by atoms with Gasteiger partial charge in [-0.15, -0.1) is 0 Å². The molecule has 0 heterocycles. The third-order valence-corrected chi connectivity index (χ3v) is 5.65. The molecule has 1 fully saturated rings. The highest BCUT2D eigenvalue weighted by Crippen LogP contribution is 2.29. The van der Waals surface area contributed by atoms with E-state index in [1.807, 2.05) is 0 Å². The standard InChI is InChI=1S/C16H22N2O2S/c1-11-6-12(2)8-15(7-11)18-21(19,20)16-5-4-14(10-17)13(3)9-16/h4-5,9,11-12,15,18H,6-8H2,1-3H3. The molecule has 0 saturated heterocycles. The molecule has 5 heteroatoms. The number of nitriles is 1. The minimum Gasteiger partial charge on any atom is -0.208 e. The van der Waals surface area contributed by atoms with Crippen LogP contribution >= 0.6 is 0 Å². The van der Waals surface area contributed by atoms with E-state index in [0.717, 1.165) is 19.3 Å². The van der Waals surface area contributed by atoms with Crippen LogP contribution in [0.2, 0.25) is 0 Å². The first-order valence-corrected chi connectivity index (χ1v) is 8.83. The van der Waals surface area contributed by atoms with Crippen LogP contribution in [0.4, 0.5) is 0 Å². The van der Waals surface area contributed by atoms with Gasteiger partial charge in [0, 0.05) is 6.04 Å². The Morgan fingerprint density at radius 2 is 1.81 bits per heavy atom. The minimum atomic E-state index is -3.51. The lowest BCUT2D eigenvalue weighted by Gasteiger charge is -2.31. The summed E-state index contributed by atoms with van der Waals surface area (Å²) < 4.78 is 27.8. The van der Waals surface area contributed by atoms with Crippen LogP contribution in [-0.2, 0) is 10.0 Å². The Balaban J connectivity index is 2.19. The summed E-state index contributed by atoms with van der Waals surface area (Å²) in [5, 5.41) is 8.92. The summed E-state index contributed by atoms with van der Waals surface area (Å²) in [5.41, 5.74) is 1.19. The summed E-state index contributed by atoms with van der Waals surface area (Å²) in [7, 11) is -3.51. The van der Waals surface area contributed by atoms with Gasteiger partial charge in [0.2, 0.25) is 10.0 Å². The van der Waals surface area contributed by atoms with Gasteiger partial charge >= 0.3 is 0 Å². The number of nitrogens with zero attached hydrogens (tertiary/aromatic N) is 1. The highest BCUT2D eigenvalue weighted by Gasteiger charge is 2.28.